The maximum absolute atomic E-state index is 12.1. The molecule has 19 heavy (non-hydrogen) atoms. The van der Waals surface area contributed by atoms with Gasteiger partial charge in [-0.1, -0.05) is 37.3 Å². The summed E-state index contributed by atoms with van der Waals surface area (Å²) in [5, 5.41) is 10.8. The molecule has 1 aromatic heterocycles. The molecule has 0 aliphatic rings. The fourth-order valence-electron chi connectivity index (χ4n) is 1.56. The van der Waals surface area contributed by atoms with Crippen LogP contribution < -0.4 is 11.3 Å². The van der Waals surface area contributed by atoms with Gasteiger partial charge in [0.1, 0.15) is 0 Å². The SMILES string of the molecule is CC(C(=O)[O-])c1ccc(C(=O)c2ccccc2)s1.[NH4+]. The molecule has 1 atom stereocenters. The minimum Gasteiger partial charge on any atom is -0.549 e. The van der Waals surface area contributed by atoms with Crippen LogP contribution in [-0.2, 0) is 4.79 Å². The monoisotopic (exact) mass is 277 g/mol. The molecule has 4 nitrogen and oxygen atoms in total. The summed E-state index contributed by atoms with van der Waals surface area (Å²) in [7, 11) is 0. The van der Waals surface area contributed by atoms with E-state index < -0.39 is 11.9 Å². The molecule has 4 N–H and O–H groups in total. The van der Waals surface area contributed by atoms with Crippen LogP contribution in [0.5, 0.6) is 0 Å². The average molecular weight is 277 g/mol. The normalized spacial score (nSPS) is 11.4. The number of carboxylic acid groups (broad SMARTS) is 1. The van der Waals surface area contributed by atoms with Crippen molar-refractivity contribution in [3.63, 3.8) is 0 Å². The van der Waals surface area contributed by atoms with E-state index in [-0.39, 0.29) is 11.9 Å². The second-order valence-corrected chi connectivity index (χ2v) is 5.05. The number of aliphatic carboxylic acids is 1. The van der Waals surface area contributed by atoms with Crippen LogP contribution in [0, 0.1) is 0 Å². The van der Waals surface area contributed by atoms with Crippen LogP contribution >= 0.6 is 11.3 Å². The fraction of sp³-hybridized carbons (Fsp3) is 0.143. The van der Waals surface area contributed by atoms with Crippen molar-refractivity contribution in [2.45, 2.75) is 12.8 Å². The standard InChI is InChI=1S/C14H12O3S.H3N/c1-9(14(16)17)11-7-8-12(18-11)13(15)10-5-3-2-4-6-10;/h2-9H,1H3,(H,16,17);1H3. The quantitative estimate of drug-likeness (QED) is 0.868. The van der Waals surface area contributed by atoms with Gasteiger partial charge in [0.2, 0.25) is 5.78 Å². The van der Waals surface area contributed by atoms with Crippen LogP contribution in [0.25, 0.3) is 0 Å². The van der Waals surface area contributed by atoms with Crippen molar-refractivity contribution >= 4 is 23.1 Å². The first-order valence-electron chi connectivity index (χ1n) is 5.50. The van der Waals surface area contributed by atoms with Gasteiger partial charge in [-0.3, -0.25) is 4.79 Å². The third kappa shape index (κ3) is 3.27. The summed E-state index contributed by atoms with van der Waals surface area (Å²) >= 11 is 1.20. The zero-order chi connectivity index (χ0) is 13.1. The van der Waals surface area contributed by atoms with Gasteiger partial charge in [0.15, 0.2) is 0 Å². The van der Waals surface area contributed by atoms with Crippen molar-refractivity contribution in [1.82, 2.24) is 6.15 Å². The molecule has 1 heterocycles. The van der Waals surface area contributed by atoms with Gasteiger partial charge >= 0.3 is 0 Å². The smallest absolute Gasteiger partial charge is 0.202 e. The maximum atomic E-state index is 12.1. The highest BCUT2D eigenvalue weighted by Gasteiger charge is 2.14. The predicted molar refractivity (Wildman–Crippen MR) is 73.6 cm³/mol. The Hall–Kier alpha value is -1.98. The van der Waals surface area contributed by atoms with E-state index in [0.29, 0.717) is 15.3 Å². The minimum atomic E-state index is -1.13. The number of carbonyl (C=O) groups is 2. The molecule has 0 amide bonds. The molecule has 0 radical (unpaired) electrons. The number of ketones is 1. The number of carboxylic acids is 1. The zero-order valence-electron chi connectivity index (χ0n) is 10.8. The number of quaternary nitrogens is 1. The Morgan fingerprint density at radius 2 is 1.74 bits per heavy atom. The number of rotatable bonds is 4. The highest BCUT2D eigenvalue weighted by Crippen LogP contribution is 2.26. The van der Waals surface area contributed by atoms with Crippen LogP contribution in [-0.4, -0.2) is 11.8 Å². The molecule has 5 heteroatoms. The lowest BCUT2D eigenvalue weighted by molar-refractivity contribution is -0.307. The highest BCUT2D eigenvalue weighted by molar-refractivity contribution is 7.14. The molecule has 0 saturated heterocycles. The molecule has 0 fully saturated rings. The van der Waals surface area contributed by atoms with Crippen LogP contribution in [0.15, 0.2) is 42.5 Å². The Morgan fingerprint density at radius 3 is 2.32 bits per heavy atom. The van der Waals surface area contributed by atoms with Gasteiger partial charge in [-0.25, -0.2) is 0 Å². The predicted octanol–water partition coefficient (Wildman–Crippen LogP) is 2.21. The summed E-state index contributed by atoms with van der Waals surface area (Å²) in [4.78, 5) is 24.0. The average Bonchev–Trinajstić information content (AvgIpc) is 2.87. The van der Waals surface area contributed by atoms with E-state index in [2.05, 4.69) is 0 Å². The molecular formula is C14H15NO3S. The van der Waals surface area contributed by atoms with Crippen molar-refractivity contribution in [2.24, 2.45) is 0 Å². The minimum absolute atomic E-state index is 0. The largest absolute Gasteiger partial charge is 0.549 e. The van der Waals surface area contributed by atoms with Gasteiger partial charge < -0.3 is 16.1 Å². The highest BCUT2D eigenvalue weighted by atomic mass is 32.1. The molecule has 0 spiro atoms. The van der Waals surface area contributed by atoms with Gasteiger partial charge in [0.05, 0.1) is 4.88 Å². The van der Waals surface area contributed by atoms with E-state index in [0.717, 1.165) is 0 Å². The van der Waals surface area contributed by atoms with Gasteiger partial charge in [-0.2, -0.15) is 0 Å². The third-order valence-corrected chi connectivity index (χ3v) is 3.93. The van der Waals surface area contributed by atoms with E-state index in [1.54, 1.807) is 43.3 Å². The fourth-order valence-corrected chi connectivity index (χ4v) is 2.57. The summed E-state index contributed by atoms with van der Waals surface area (Å²) in [6.07, 6.45) is 0. The lowest BCUT2D eigenvalue weighted by Gasteiger charge is -2.09. The van der Waals surface area contributed by atoms with Crippen LogP contribution in [0.3, 0.4) is 0 Å². The lowest BCUT2D eigenvalue weighted by atomic mass is 10.1. The summed E-state index contributed by atoms with van der Waals surface area (Å²) in [6, 6.07) is 12.2. The van der Waals surface area contributed by atoms with Gasteiger partial charge in [-0.05, 0) is 12.1 Å². The number of hydrogen-bond acceptors (Lipinski definition) is 4. The van der Waals surface area contributed by atoms with Crippen molar-refractivity contribution < 1.29 is 14.7 Å². The summed E-state index contributed by atoms with van der Waals surface area (Å²) in [6.45, 7) is 1.55. The Bertz CT molecular complexity index is 577. The second kappa shape index (κ2) is 6.26. The van der Waals surface area contributed by atoms with E-state index in [4.69, 9.17) is 0 Å². The molecule has 0 aliphatic carbocycles. The molecule has 0 bridgehead atoms. The molecule has 2 aromatic rings. The topological polar surface area (TPSA) is 93.7 Å². The van der Waals surface area contributed by atoms with Crippen LogP contribution in [0.1, 0.15) is 33.0 Å². The summed E-state index contributed by atoms with van der Waals surface area (Å²) in [5.41, 5.74) is 0.604. The molecule has 0 aliphatic heterocycles. The molecule has 1 aromatic carbocycles. The maximum Gasteiger partial charge on any atom is 0.202 e. The van der Waals surface area contributed by atoms with Crippen molar-refractivity contribution in [3.05, 3.63) is 57.8 Å². The molecule has 0 saturated carbocycles. The molecular weight excluding hydrogens is 262 g/mol. The van der Waals surface area contributed by atoms with E-state index in [1.807, 2.05) is 6.07 Å². The zero-order valence-corrected chi connectivity index (χ0v) is 11.6. The van der Waals surface area contributed by atoms with Crippen LogP contribution in [0.4, 0.5) is 0 Å². The van der Waals surface area contributed by atoms with E-state index >= 15 is 0 Å². The Kier molecular flexibility index (Phi) is 4.97. The third-order valence-electron chi connectivity index (χ3n) is 2.67. The van der Waals surface area contributed by atoms with Crippen molar-refractivity contribution in [2.75, 3.05) is 0 Å². The van der Waals surface area contributed by atoms with Gasteiger partial charge in [0, 0.05) is 22.3 Å². The number of thiophene rings is 1. The lowest BCUT2D eigenvalue weighted by Crippen LogP contribution is -2.27. The van der Waals surface area contributed by atoms with Crippen LogP contribution in [0.2, 0.25) is 0 Å². The van der Waals surface area contributed by atoms with Gasteiger partial charge in [-0.15, -0.1) is 11.3 Å². The number of carbonyl (C=O) groups excluding carboxylic acids is 2. The van der Waals surface area contributed by atoms with E-state index in [9.17, 15) is 14.7 Å². The Labute approximate surface area is 115 Å². The first-order valence-corrected chi connectivity index (χ1v) is 6.31. The van der Waals surface area contributed by atoms with Gasteiger partial charge in [0.25, 0.3) is 0 Å². The first kappa shape index (κ1) is 15.1. The molecule has 2 rings (SSSR count). The Balaban J connectivity index is 0.00000180. The number of benzene rings is 1. The second-order valence-electron chi connectivity index (χ2n) is 3.94. The van der Waals surface area contributed by atoms with Crippen molar-refractivity contribution in [1.29, 1.82) is 0 Å². The Morgan fingerprint density at radius 1 is 1.11 bits per heavy atom. The number of hydrogen-bond donors (Lipinski definition) is 1. The summed E-state index contributed by atoms with van der Waals surface area (Å²) in [5.74, 6) is -1.90. The van der Waals surface area contributed by atoms with Crippen molar-refractivity contribution in [3.8, 4) is 0 Å². The van der Waals surface area contributed by atoms with E-state index in [1.165, 1.54) is 11.3 Å². The molecule has 1 unspecified atom stereocenters. The molecule has 100 valence electrons. The summed E-state index contributed by atoms with van der Waals surface area (Å²) < 4.78 is 0. The first-order chi connectivity index (χ1) is 8.59.